The molecule has 0 aliphatic carbocycles. The van der Waals surface area contributed by atoms with E-state index in [0.29, 0.717) is 0 Å². The van der Waals surface area contributed by atoms with Gasteiger partial charge in [0.15, 0.2) is 0 Å². The predicted molar refractivity (Wildman–Crippen MR) is 45.0 cm³/mol. The summed E-state index contributed by atoms with van der Waals surface area (Å²) < 4.78 is 0. The fourth-order valence-corrected chi connectivity index (χ4v) is 1.55. The second kappa shape index (κ2) is 2.92. The van der Waals surface area contributed by atoms with Gasteiger partial charge in [-0.3, -0.25) is 4.99 Å². The monoisotopic (exact) mass is 154 g/mol. The Morgan fingerprint density at radius 3 is 2.80 bits per heavy atom. The molecule has 0 fully saturated rings. The maximum Gasteiger partial charge on any atom is 0.0801 e. The van der Waals surface area contributed by atoms with E-state index < -0.39 is 0 Å². The van der Waals surface area contributed by atoms with Crippen molar-refractivity contribution in [2.75, 3.05) is 7.05 Å². The van der Waals surface area contributed by atoms with Crippen molar-refractivity contribution < 1.29 is 0 Å². The number of aryl methyl sites for hydroxylation is 1. The van der Waals surface area contributed by atoms with Crippen LogP contribution in [0.5, 0.6) is 0 Å². The van der Waals surface area contributed by atoms with Gasteiger partial charge < -0.3 is 0 Å². The Bertz CT molecular complexity index is 250. The van der Waals surface area contributed by atoms with Crippen LogP contribution < -0.4 is 0 Å². The van der Waals surface area contributed by atoms with Gasteiger partial charge in [0.25, 0.3) is 0 Å². The largest absolute Gasteiger partial charge is 0.292 e. The molecule has 0 aliphatic heterocycles. The molecule has 0 radical (unpaired) electrons. The third-order valence-electron chi connectivity index (χ3n) is 1.41. The van der Waals surface area contributed by atoms with Crippen molar-refractivity contribution in [2.45, 2.75) is 13.8 Å². The minimum atomic E-state index is 1.07. The highest BCUT2D eigenvalue weighted by Crippen LogP contribution is 2.12. The van der Waals surface area contributed by atoms with Gasteiger partial charge in [-0.2, -0.15) is 0 Å². The lowest BCUT2D eigenvalue weighted by molar-refractivity contribution is 1.25. The summed E-state index contributed by atoms with van der Waals surface area (Å²) in [5.41, 5.74) is 3.99. The smallest absolute Gasteiger partial charge is 0.0801 e. The van der Waals surface area contributed by atoms with Gasteiger partial charge in [-0.1, -0.05) is 0 Å². The molecule has 1 heterocycles. The van der Waals surface area contributed by atoms with Crippen LogP contribution in [0.25, 0.3) is 0 Å². The molecule has 0 amide bonds. The highest BCUT2D eigenvalue weighted by molar-refractivity contribution is 7.12. The van der Waals surface area contributed by atoms with E-state index in [1.54, 1.807) is 18.4 Å². The minimum absolute atomic E-state index is 1.07. The van der Waals surface area contributed by atoms with Crippen LogP contribution in [0.2, 0.25) is 0 Å². The summed E-state index contributed by atoms with van der Waals surface area (Å²) in [4.78, 5) is 9.40. The van der Waals surface area contributed by atoms with Crippen molar-refractivity contribution >= 4 is 17.0 Å². The lowest BCUT2D eigenvalue weighted by Gasteiger charge is -1.92. The van der Waals surface area contributed by atoms with E-state index in [2.05, 4.69) is 9.98 Å². The molecule has 0 aliphatic rings. The molecular formula is C7H10N2S. The van der Waals surface area contributed by atoms with Crippen molar-refractivity contribution in [2.24, 2.45) is 4.99 Å². The van der Waals surface area contributed by atoms with Gasteiger partial charge in [0.1, 0.15) is 0 Å². The summed E-state index contributed by atoms with van der Waals surface area (Å²) in [5, 5.41) is 0. The summed E-state index contributed by atoms with van der Waals surface area (Å²) in [6, 6.07) is 0. The van der Waals surface area contributed by atoms with Gasteiger partial charge in [0.2, 0.25) is 0 Å². The number of aliphatic imine (C=N–C) groups is 1. The molecule has 10 heavy (non-hydrogen) atoms. The van der Waals surface area contributed by atoms with E-state index in [1.807, 2.05) is 19.4 Å². The molecule has 0 atom stereocenters. The average Bonchev–Trinajstić information content (AvgIpc) is 2.34. The molecule has 0 spiro atoms. The standard InChI is InChI=1S/C7H10N2S/c1-5(8-3)7-6(2)9-4-10-7/h4H,1-3H3/b8-5+. The Morgan fingerprint density at radius 1 is 1.70 bits per heavy atom. The third kappa shape index (κ3) is 1.24. The second-order valence-corrected chi connectivity index (χ2v) is 2.93. The van der Waals surface area contributed by atoms with Gasteiger partial charge in [0, 0.05) is 7.05 Å². The zero-order chi connectivity index (χ0) is 7.56. The van der Waals surface area contributed by atoms with Crippen LogP contribution in [-0.4, -0.2) is 17.7 Å². The number of thiazole rings is 1. The van der Waals surface area contributed by atoms with Crippen molar-refractivity contribution in [3.05, 3.63) is 16.1 Å². The Morgan fingerprint density at radius 2 is 2.40 bits per heavy atom. The van der Waals surface area contributed by atoms with E-state index in [0.717, 1.165) is 11.4 Å². The van der Waals surface area contributed by atoms with E-state index in [4.69, 9.17) is 0 Å². The van der Waals surface area contributed by atoms with Crippen molar-refractivity contribution in [1.29, 1.82) is 0 Å². The highest BCUT2D eigenvalue weighted by atomic mass is 32.1. The van der Waals surface area contributed by atoms with Crippen LogP contribution in [0.1, 0.15) is 17.5 Å². The molecule has 3 heteroatoms. The Balaban J connectivity index is 3.05. The topological polar surface area (TPSA) is 25.2 Å². The first-order valence-electron chi connectivity index (χ1n) is 3.09. The molecule has 0 saturated carbocycles. The molecule has 0 saturated heterocycles. The normalized spacial score (nSPS) is 12.1. The quantitative estimate of drug-likeness (QED) is 0.567. The van der Waals surface area contributed by atoms with E-state index in [9.17, 15) is 0 Å². The first-order valence-corrected chi connectivity index (χ1v) is 3.97. The number of rotatable bonds is 1. The average molecular weight is 154 g/mol. The van der Waals surface area contributed by atoms with Crippen LogP contribution in [0.3, 0.4) is 0 Å². The number of aromatic nitrogens is 1. The zero-order valence-corrected chi connectivity index (χ0v) is 7.20. The van der Waals surface area contributed by atoms with Crippen LogP contribution in [0, 0.1) is 6.92 Å². The summed E-state index contributed by atoms with van der Waals surface area (Å²) in [6.45, 7) is 4.00. The number of hydrogen-bond acceptors (Lipinski definition) is 3. The number of nitrogens with zero attached hydrogens (tertiary/aromatic N) is 2. The van der Waals surface area contributed by atoms with Crippen molar-refractivity contribution in [3.63, 3.8) is 0 Å². The highest BCUT2D eigenvalue weighted by Gasteiger charge is 2.02. The van der Waals surface area contributed by atoms with Crippen LogP contribution in [0.15, 0.2) is 10.5 Å². The molecule has 0 aromatic carbocycles. The molecule has 0 unspecified atom stereocenters. The summed E-state index contributed by atoms with van der Waals surface area (Å²) in [6.07, 6.45) is 0. The Kier molecular flexibility index (Phi) is 2.17. The second-order valence-electron chi connectivity index (χ2n) is 2.08. The summed E-state index contributed by atoms with van der Waals surface area (Å²) in [7, 11) is 1.80. The van der Waals surface area contributed by atoms with Crippen LogP contribution in [-0.2, 0) is 0 Å². The molecule has 54 valence electrons. The first kappa shape index (κ1) is 7.41. The van der Waals surface area contributed by atoms with Gasteiger partial charge in [-0.25, -0.2) is 4.98 Å². The zero-order valence-electron chi connectivity index (χ0n) is 6.38. The minimum Gasteiger partial charge on any atom is -0.292 e. The van der Waals surface area contributed by atoms with Gasteiger partial charge in [0.05, 0.1) is 21.8 Å². The molecule has 0 bridgehead atoms. The maximum absolute atomic E-state index is 4.12. The SMILES string of the molecule is C/N=C(\C)c1scnc1C. The third-order valence-corrected chi connectivity index (χ3v) is 2.45. The fraction of sp³-hybridized carbons (Fsp3) is 0.429. The summed E-state index contributed by atoms with van der Waals surface area (Å²) in [5.74, 6) is 0. The van der Waals surface area contributed by atoms with Gasteiger partial charge in [-0.15, -0.1) is 11.3 Å². The van der Waals surface area contributed by atoms with Crippen LogP contribution >= 0.6 is 11.3 Å². The fourth-order valence-electron chi connectivity index (χ4n) is 0.751. The molecule has 1 aromatic rings. The maximum atomic E-state index is 4.12. The van der Waals surface area contributed by atoms with Crippen LogP contribution in [0.4, 0.5) is 0 Å². The lowest BCUT2D eigenvalue weighted by atomic mass is 10.3. The molecular weight excluding hydrogens is 144 g/mol. The van der Waals surface area contributed by atoms with Gasteiger partial charge in [-0.05, 0) is 13.8 Å². The van der Waals surface area contributed by atoms with Gasteiger partial charge >= 0.3 is 0 Å². The lowest BCUT2D eigenvalue weighted by Crippen LogP contribution is -1.92. The van der Waals surface area contributed by atoms with E-state index >= 15 is 0 Å². The van der Waals surface area contributed by atoms with E-state index in [1.165, 1.54) is 4.88 Å². The predicted octanol–water partition coefficient (Wildman–Crippen LogP) is 1.89. The summed E-state index contributed by atoms with van der Waals surface area (Å²) >= 11 is 1.64. The Hall–Kier alpha value is -0.700. The first-order chi connectivity index (χ1) is 4.75. The number of hydrogen-bond donors (Lipinski definition) is 0. The van der Waals surface area contributed by atoms with E-state index in [-0.39, 0.29) is 0 Å². The molecule has 2 nitrogen and oxygen atoms in total. The molecule has 1 rings (SSSR count). The van der Waals surface area contributed by atoms with Crippen molar-refractivity contribution in [3.8, 4) is 0 Å². The molecule has 1 aromatic heterocycles. The van der Waals surface area contributed by atoms with Crippen molar-refractivity contribution in [1.82, 2.24) is 4.98 Å². The molecule has 0 N–H and O–H groups in total. The Labute approximate surface area is 64.6 Å².